The van der Waals surface area contributed by atoms with Crippen LogP contribution >= 0.6 is 11.8 Å². The minimum Gasteiger partial charge on any atom is -0.324 e. The molecule has 2 heterocycles. The fourth-order valence-electron chi connectivity index (χ4n) is 2.31. The van der Waals surface area contributed by atoms with Crippen molar-refractivity contribution < 1.29 is 0 Å². The standard InChI is InChI=1S/C15H18N4S/c1-4-19-12-8-6-5-7-11(12)13-14(19)16-15(18-17-13)20-9-10(2)3/h5-8,10H,4,9H2,1-3H3. The molecular formula is C15H18N4S. The van der Waals surface area contributed by atoms with Crippen LogP contribution in [0.15, 0.2) is 29.4 Å². The van der Waals surface area contributed by atoms with E-state index in [0.29, 0.717) is 5.92 Å². The molecule has 0 saturated carbocycles. The molecule has 0 fully saturated rings. The highest BCUT2D eigenvalue weighted by Gasteiger charge is 2.13. The average molecular weight is 286 g/mol. The van der Waals surface area contributed by atoms with E-state index >= 15 is 0 Å². The van der Waals surface area contributed by atoms with Gasteiger partial charge in [-0.2, -0.15) is 0 Å². The molecule has 0 aliphatic rings. The fourth-order valence-corrected chi connectivity index (χ4v) is 3.04. The van der Waals surface area contributed by atoms with Gasteiger partial charge < -0.3 is 4.57 Å². The monoisotopic (exact) mass is 286 g/mol. The van der Waals surface area contributed by atoms with E-state index in [1.807, 2.05) is 6.07 Å². The Bertz CT molecular complexity index is 748. The van der Waals surface area contributed by atoms with Crippen LogP contribution in [-0.4, -0.2) is 25.5 Å². The highest BCUT2D eigenvalue weighted by atomic mass is 32.2. The van der Waals surface area contributed by atoms with Crippen molar-refractivity contribution >= 4 is 33.8 Å². The zero-order valence-electron chi connectivity index (χ0n) is 12.0. The summed E-state index contributed by atoms with van der Waals surface area (Å²) in [4.78, 5) is 4.71. The molecule has 0 N–H and O–H groups in total. The number of rotatable bonds is 4. The van der Waals surface area contributed by atoms with Crippen molar-refractivity contribution in [2.75, 3.05) is 5.75 Å². The second kappa shape index (κ2) is 5.40. The van der Waals surface area contributed by atoms with Gasteiger partial charge in [0.15, 0.2) is 5.65 Å². The van der Waals surface area contributed by atoms with Gasteiger partial charge in [0.25, 0.3) is 0 Å². The Morgan fingerprint density at radius 1 is 1.20 bits per heavy atom. The van der Waals surface area contributed by atoms with E-state index in [2.05, 4.69) is 53.7 Å². The van der Waals surface area contributed by atoms with Gasteiger partial charge >= 0.3 is 0 Å². The molecule has 0 atom stereocenters. The summed E-state index contributed by atoms with van der Waals surface area (Å²) in [7, 11) is 0. The lowest BCUT2D eigenvalue weighted by molar-refractivity contribution is 0.744. The van der Waals surface area contributed by atoms with E-state index in [-0.39, 0.29) is 0 Å². The fraction of sp³-hybridized carbons (Fsp3) is 0.400. The summed E-state index contributed by atoms with van der Waals surface area (Å²) >= 11 is 1.67. The minimum absolute atomic E-state index is 0.622. The lowest BCUT2D eigenvalue weighted by Gasteiger charge is -2.04. The van der Waals surface area contributed by atoms with Crippen LogP contribution in [0.4, 0.5) is 0 Å². The van der Waals surface area contributed by atoms with Crippen LogP contribution in [0.25, 0.3) is 22.1 Å². The predicted octanol–water partition coefficient (Wildman–Crippen LogP) is 3.75. The first-order chi connectivity index (χ1) is 9.70. The van der Waals surface area contributed by atoms with Crippen LogP contribution in [0.2, 0.25) is 0 Å². The molecule has 3 aromatic rings. The quantitative estimate of drug-likeness (QED) is 0.685. The lowest BCUT2D eigenvalue weighted by Crippen LogP contribution is -2.00. The summed E-state index contributed by atoms with van der Waals surface area (Å²) in [5.41, 5.74) is 3.02. The molecule has 0 aliphatic heterocycles. The van der Waals surface area contributed by atoms with Gasteiger partial charge in [-0.3, -0.25) is 0 Å². The normalized spacial score (nSPS) is 11.8. The predicted molar refractivity (Wildman–Crippen MR) is 84.1 cm³/mol. The summed E-state index contributed by atoms with van der Waals surface area (Å²) < 4.78 is 2.21. The van der Waals surface area contributed by atoms with Crippen molar-refractivity contribution in [1.29, 1.82) is 0 Å². The summed E-state index contributed by atoms with van der Waals surface area (Å²) in [6.45, 7) is 7.41. The van der Waals surface area contributed by atoms with Crippen LogP contribution in [0.3, 0.4) is 0 Å². The van der Waals surface area contributed by atoms with E-state index in [1.165, 1.54) is 5.52 Å². The van der Waals surface area contributed by atoms with Crippen LogP contribution < -0.4 is 0 Å². The van der Waals surface area contributed by atoms with Crippen molar-refractivity contribution in [1.82, 2.24) is 19.7 Å². The Kier molecular flexibility index (Phi) is 3.61. The molecule has 0 unspecified atom stereocenters. The van der Waals surface area contributed by atoms with Crippen molar-refractivity contribution in [3.05, 3.63) is 24.3 Å². The largest absolute Gasteiger partial charge is 0.324 e. The minimum atomic E-state index is 0.622. The maximum atomic E-state index is 4.71. The van der Waals surface area contributed by atoms with Crippen molar-refractivity contribution in [3.63, 3.8) is 0 Å². The summed E-state index contributed by atoms with van der Waals surface area (Å²) in [6.07, 6.45) is 0. The number of aromatic nitrogens is 4. The van der Waals surface area contributed by atoms with Crippen molar-refractivity contribution in [2.45, 2.75) is 32.5 Å². The van der Waals surface area contributed by atoms with Gasteiger partial charge in [-0.05, 0) is 18.9 Å². The SMILES string of the molecule is CCn1c2ccccc2c2nnc(SCC(C)C)nc21. The molecule has 0 bridgehead atoms. The summed E-state index contributed by atoms with van der Waals surface area (Å²) in [5, 5.41) is 10.6. The molecule has 5 heteroatoms. The zero-order valence-corrected chi connectivity index (χ0v) is 12.8. The molecule has 0 saturated heterocycles. The molecule has 4 nitrogen and oxygen atoms in total. The van der Waals surface area contributed by atoms with Gasteiger partial charge in [0, 0.05) is 17.7 Å². The number of aryl methyl sites for hydroxylation is 1. The molecule has 0 amide bonds. The molecule has 2 aromatic heterocycles. The van der Waals surface area contributed by atoms with Gasteiger partial charge in [0.05, 0.1) is 5.52 Å². The van der Waals surface area contributed by atoms with Crippen LogP contribution in [0.1, 0.15) is 20.8 Å². The number of benzene rings is 1. The third-order valence-corrected chi connectivity index (χ3v) is 4.48. The second-order valence-electron chi connectivity index (χ2n) is 5.23. The van der Waals surface area contributed by atoms with E-state index in [0.717, 1.165) is 34.0 Å². The number of para-hydroxylation sites is 1. The molecular weight excluding hydrogens is 268 g/mol. The first kappa shape index (κ1) is 13.4. The number of fused-ring (bicyclic) bond motifs is 3. The maximum absolute atomic E-state index is 4.71. The average Bonchev–Trinajstić information content (AvgIpc) is 2.78. The molecule has 0 radical (unpaired) electrons. The van der Waals surface area contributed by atoms with Gasteiger partial charge in [-0.25, -0.2) is 4.98 Å². The second-order valence-corrected chi connectivity index (χ2v) is 6.22. The molecule has 20 heavy (non-hydrogen) atoms. The Labute approximate surface area is 122 Å². The van der Waals surface area contributed by atoms with Crippen LogP contribution in [0.5, 0.6) is 0 Å². The van der Waals surface area contributed by atoms with E-state index < -0.39 is 0 Å². The van der Waals surface area contributed by atoms with Gasteiger partial charge in [0.2, 0.25) is 5.16 Å². The molecule has 1 aromatic carbocycles. The highest BCUT2D eigenvalue weighted by Crippen LogP contribution is 2.27. The Balaban J connectivity index is 2.15. The highest BCUT2D eigenvalue weighted by molar-refractivity contribution is 7.99. The smallest absolute Gasteiger partial charge is 0.211 e. The molecule has 0 spiro atoms. The Morgan fingerprint density at radius 2 is 2.00 bits per heavy atom. The number of hydrogen-bond donors (Lipinski definition) is 0. The lowest BCUT2D eigenvalue weighted by atomic mass is 10.2. The summed E-state index contributed by atoms with van der Waals surface area (Å²) in [6, 6.07) is 8.28. The number of thioether (sulfide) groups is 1. The zero-order chi connectivity index (χ0) is 14.1. The third-order valence-electron chi connectivity index (χ3n) is 3.22. The first-order valence-electron chi connectivity index (χ1n) is 6.95. The first-order valence-corrected chi connectivity index (χ1v) is 7.93. The van der Waals surface area contributed by atoms with Gasteiger partial charge in [-0.15, -0.1) is 10.2 Å². The van der Waals surface area contributed by atoms with E-state index in [9.17, 15) is 0 Å². The van der Waals surface area contributed by atoms with Crippen molar-refractivity contribution in [3.8, 4) is 0 Å². The van der Waals surface area contributed by atoms with E-state index in [1.54, 1.807) is 11.8 Å². The van der Waals surface area contributed by atoms with Gasteiger partial charge in [-0.1, -0.05) is 43.8 Å². The van der Waals surface area contributed by atoms with E-state index in [4.69, 9.17) is 4.98 Å². The summed E-state index contributed by atoms with van der Waals surface area (Å²) in [5.74, 6) is 1.64. The topological polar surface area (TPSA) is 43.6 Å². The van der Waals surface area contributed by atoms with Crippen LogP contribution in [-0.2, 0) is 6.54 Å². The molecule has 104 valence electrons. The van der Waals surface area contributed by atoms with Crippen molar-refractivity contribution in [2.24, 2.45) is 5.92 Å². The number of hydrogen-bond acceptors (Lipinski definition) is 4. The third kappa shape index (κ3) is 2.26. The van der Waals surface area contributed by atoms with Gasteiger partial charge in [0.1, 0.15) is 5.52 Å². The van der Waals surface area contributed by atoms with Crippen LogP contribution in [0, 0.1) is 5.92 Å². The number of nitrogens with zero attached hydrogens (tertiary/aromatic N) is 4. The maximum Gasteiger partial charge on any atom is 0.211 e. The molecule has 0 aliphatic carbocycles. The Hall–Kier alpha value is -1.62. The Morgan fingerprint density at radius 3 is 2.75 bits per heavy atom. The molecule has 3 rings (SSSR count).